The Morgan fingerprint density at radius 2 is 1.77 bits per heavy atom. The molecule has 22 heavy (non-hydrogen) atoms. The Balaban J connectivity index is 1.65. The first-order valence-corrected chi connectivity index (χ1v) is 6.90. The van der Waals surface area contributed by atoms with Crippen LogP contribution in [-0.4, -0.2) is 16.8 Å². The van der Waals surface area contributed by atoms with Gasteiger partial charge in [-0.2, -0.15) is 0 Å². The molecule has 0 aliphatic heterocycles. The number of aromatic nitrogens is 1. The van der Waals surface area contributed by atoms with Gasteiger partial charge in [0.05, 0.1) is 5.41 Å². The number of nitrogens with zero attached hydrogens (tertiary/aromatic N) is 1. The van der Waals surface area contributed by atoms with Gasteiger partial charge in [-0.3, -0.25) is 25.4 Å². The normalized spacial score (nSPS) is 15.0. The predicted octanol–water partition coefficient (Wildman–Crippen LogP) is 1.71. The van der Waals surface area contributed by atoms with Gasteiger partial charge in [0.15, 0.2) is 0 Å². The molecule has 0 saturated heterocycles. The van der Waals surface area contributed by atoms with Crippen LogP contribution in [0.1, 0.15) is 28.9 Å². The van der Waals surface area contributed by atoms with Crippen molar-refractivity contribution < 1.29 is 14.0 Å². The van der Waals surface area contributed by atoms with Crippen molar-refractivity contribution in [2.75, 3.05) is 0 Å². The van der Waals surface area contributed by atoms with Crippen LogP contribution >= 0.6 is 0 Å². The average molecular weight is 299 g/mol. The number of carbonyl (C=O) groups is 2. The molecule has 1 saturated carbocycles. The van der Waals surface area contributed by atoms with Gasteiger partial charge < -0.3 is 0 Å². The van der Waals surface area contributed by atoms with Gasteiger partial charge in [-0.25, -0.2) is 4.39 Å². The molecule has 2 aromatic rings. The summed E-state index contributed by atoms with van der Waals surface area (Å²) in [7, 11) is 0. The van der Waals surface area contributed by atoms with Crippen molar-refractivity contribution in [3.05, 3.63) is 65.7 Å². The second-order valence-corrected chi connectivity index (χ2v) is 5.21. The molecule has 112 valence electrons. The van der Waals surface area contributed by atoms with Gasteiger partial charge in [0.1, 0.15) is 11.5 Å². The Labute approximate surface area is 126 Å². The standard InChI is InChI=1S/C16H14FN3O2/c17-12-6-4-11(5-7-12)16(8-9-16)15(22)20-19-14(21)13-3-1-2-10-18-13/h1-7,10H,8-9H2,(H,19,21)(H,20,22). The molecule has 1 aliphatic carbocycles. The second kappa shape index (κ2) is 5.55. The topological polar surface area (TPSA) is 71.1 Å². The van der Waals surface area contributed by atoms with Crippen LogP contribution in [-0.2, 0) is 10.2 Å². The van der Waals surface area contributed by atoms with E-state index in [4.69, 9.17) is 0 Å². The van der Waals surface area contributed by atoms with Crippen molar-refractivity contribution in [2.24, 2.45) is 0 Å². The van der Waals surface area contributed by atoms with Crippen LogP contribution in [0.15, 0.2) is 48.7 Å². The van der Waals surface area contributed by atoms with E-state index in [2.05, 4.69) is 15.8 Å². The zero-order valence-electron chi connectivity index (χ0n) is 11.7. The maximum Gasteiger partial charge on any atom is 0.288 e. The lowest BCUT2D eigenvalue weighted by Crippen LogP contribution is -2.46. The number of nitrogens with one attached hydrogen (secondary N) is 2. The lowest BCUT2D eigenvalue weighted by atomic mass is 9.95. The molecule has 0 unspecified atom stereocenters. The molecule has 0 spiro atoms. The Bertz CT molecular complexity index is 697. The van der Waals surface area contributed by atoms with Crippen LogP contribution in [0, 0.1) is 5.82 Å². The molecular formula is C16H14FN3O2. The Hall–Kier alpha value is -2.76. The quantitative estimate of drug-likeness (QED) is 0.848. The van der Waals surface area contributed by atoms with Crippen LogP contribution in [0.3, 0.4) is 0 Å². The summed E-state index contributed by atoms with van der Waals surface area (Å²) in [6.45, 7) is 0. The Morgan fingerprint density at radius 1 is 1.05 bits per heavy atom. The molecule has 2 amide bonds. The first kappa shape index (κ1) is 14.2. The van der Waals surface area contributed by atoms with E-state index < -0.39 is 11.3 Å². The number of rotatable bonds is 3. The van der Waals surface area contributed by atoms with Crippen LogP contribution in [0.2, 0.25) is 0 Å². The number of amides is 2. The lowest BCUT2D eigenvalue weighted by molar-refractivity contribution is -0.124. The van der Waals surface area contributed by atoms with Crippen LogP contribution in [0.25, 0.3) is 0 Å². The van der Waals surface area contributed by atoms with E-state index in [-0.39, 0.29) is 17.4 Å². The summed E-state index contributed by atoms with van der Waals surface area (Å²) in [5, 5.41) is 0. The molecule has 6 heteroatoms. The maximum absolute atomic E-state index is 13.0. The molecule has 3 rings (SSSR count). The molecule has 1 heterocycles. The Kier molecular flexibility index (Phi) is 3.58. The molecule has 1 aromatic heterocycles. The third kappa shape index (κ3) is 2.67. The highest BCUT2D eigenvalue weighted by molar-refractivity contribution is 5.96. The van der Waals surface area contributed by atoms with Crippen molar-refractivity contribution in [2.45, 2.75) is 18.3 Å². The molecule has 1 fully saturated rings. The largest absolute Gasteiger partial charge is 0.288 e. The van der Waals surface area contributed by atoms with E-state index in [9.17, 15) is 14.0 Å². The van der Waals surface area contributed by atoms with Crippen molar-refractivity contribution in [1.82, 2.24) is 15.8 Å². The summed E-state index contributed by atoms with van der Waals surface area (Å²) in [6, 6.07) is 10.8. The fraction of sp³-hybridized carbons (Fsp3) is 0.188. The fourth-order valence-corrected chi connectivity index (χ4v) is 2.34. The highest BCUT2D eigenvalue weighted by Crippen LogP contribution is 2.48. The number of hydrazine groups is 1. The summed E-state index contributed by atoms with van der Waals surface area (Å²) in [6.07, 6.45) is 2.84. The summed E-state index contributed by atoms with van der Waals surface area (Å²) in [4.78, 5) is 28.0. The third-order valence-corrected chi connectivity index (χ3v) is 3.77. The number of pyridine rings is 1. The minimum Gasteiger partial charge on any atom is -0.272 e. The van der Waals surface area contributed by atoms with E-state index in [0.717, 1.165) is 5.56 Å². The number of halogens is 1. The molecule has 5 nitrogen and oxygen atoms in total. The smallest absolute Gasteiger partial charge is 0.272 e. The molecule has 2 N–H and O–H groups in total. The van der Waals surface area contributed by atoms with Gasteiger partial charge in [-0.1, -0.05) is 18.2 Å². The summed E-state index contributed by atoms with van der Waals surface area (Å²) >= 11 is 0. The highest BCUT2D eigenvalue weighted by atomic mass is 19.1. The van der Waals surface area contributed by atoms with E-state index in [1.807, 2.05) is 0 Å². The molecular weight excluding hydrogens is 285 g/mol. The third-order valence-electron chi connectivity index (χ3n) is 3.77. The van der Waals surface area contributed by atoms with Crippen molar-refractivity contribution in [3.63, 3.8) is 0 Å². The van der Waals surface area contributed by atoms with Gasteiger partial charge in [0.25, 0.3) is 5.91 Å². The zero-order chi connectivity index (χ0) is 15.6. The summed E-state index contributed by atoms with van der Waals surface area (Å²) in [5.41, 5.74) is 5.07. The SMILES string of the molecule is O=C(NNC(=O)C1(c2ccc(F)cc2)CC1)c1ccccn1. The monoisotopic (exact) mass is 299 g/mol. The Morgan fingerprint density at radius 3 is 2.36 bits per heavy atom. The number of hydrogen-bond donors (Lipinski definition) is 2. The van der Waals surface area contributed by atoms with Crippen LogP contribution in [0.4, 0.5) is 4.39 Å². The molecule has 1 aliphatic rings. The predicted molar refractivity (Wildman–Crippen MR) is 77.2 cm³/mol. The van der Waals surface area contributed by atoms with Gasteiger partial charge in [0.2, 0.25) is 5.91 Å². The fourth-order valence-electron chi connectivity index (χ4n) is 2.34. The second-order valence-electron chi connectivity index (χ2n) is 5.21. The zero-order valence-corrected chi connectivity index (χ0v) is 11.7. The van der Waals surface area contributed by atoms with E-state index in [0.29, 0.717) is 12.8 Å². The van der Waals surface area contributed by atoms with Gasteiger partial charge in [0, 0.05) is 6.20 Å². The highest BCUT2D eigenvalue weighted by Gasteiger charge is 2.51. The summed E-state index contributed by atoms with van der Waals surface area (Å²) < 4.78 is 13.0. The first-order valence-electron chi connectivity index (χ1n) is 6.90. The summed E-state index contributed by atoms with van der Waals surface area (Å²) in [5.74, 6) is -1.13. The van der Waals surface area contributed by atoms with E-state index >= 15 is 0 Å². The maximum atomic E-state index is 13.0. The van der Waals surface area contributed by atoms with Gasteiger partial charge in [-0.15, -0.1) is 0 Å². The minimum absolute atomic E-state index is 0.217. The van der Waals surface area contributed by atoms with Crippen LogP contribution in [0.5, 0.6) is 0 Å². The molecule has 0 radical (unpaired) electrons. The lowest BCUT2D eigenvalue weighted by Gasteiger charge is -2.16. The number of benzene rings is 1. The van der Waals surface area contributed by atoms with E-state index in [1.165, 1.54) is 18.3 Å². The molecule has 0 atom stereocenters. The average Bonchev–Trinajstić information content (AvgIpc) is 3.35. The van der Waals surface area contributed by atoms with Gasteiger partial charge in [-0.05, 0) is 42.7 Å². The van der Waals surface area contributed by atoms with Crippen molar-refractivity contribution in [3.8, 4) is 0 Å². The molecule has 0 bridgehead atoms. The van der Waals surface area contributed by atoms with Crippen LogP contribution < -0.4 is 10.9 Å². The van der Waals surface area contributed by atoms with E-state index in [1.54, 1.807) is 30.3 Å². The molecule has 1 aromatic carbocycles. The minimum atomic E-state index is -0.675. The number of carbonyl (C=O) groups excluding carboxylic acids is 2. The number of hydrogen-bond acceptors (Lipinski definition) is 3. The van der Waals surface area contributed by atoms with Crippen molar-refractivity contribution >= 4 is 11.8 Å². The first-order chi connectivity index (χ1) is 10.6. The van der Waals surface area contributed by atoms with Gasteiger partial charge >= 0.3 is 0 Å². The van der Waals surface area contributed by atoms with Crippen molar-refractivity contribution in [1.29, 1.82) is 0 Å².